The van der Waals surface area contributed by atoms with Crippen molar-refractivity contribution in [3.8, 4) is 0 Å². The zero-order valence-electron chi connectivity index (χ0n) is 12.1. The van der Waals surface area contributed by atoms with Crippen LogP contribution in [0.25, 0.3) is 0 Å². The maximum Gasteiger partial charge on any atom is 0.329 e. The molecule has 2 saturated heterocycles. The Bertz CT molecular complexity index is 368. The number of aliphatic carboxylic acids is 1. The van der Waals surface area contributed by atoms with Gasteiger partial charge in [0, 0.05) is 19.7 Å². The smallest absolute Gasteiger partial charge is 0.329 e. The largest absolute Gasteiger partial charge is 0.480 e. The van der Waals surface area contributed by atoms with Gasteiger partial charge in [0.05, 0.1) is 6.10 Å². The highest BCUT2D eigenvalue weighted by Gasteiger charge is 2.43. The first kappa shape index (κ1) is 15.1. The van der Waals surface area contributed by atoms with Crippen molar-refractivity contribution in [1.29, 1.82) is 0 Å². The van der Waals surface area contributed by atoms with Gasteiger partial charge in [-0.15, -0.1) is 0 Å². The van der Waals surface area contributed by atoms with Crippen molar-refractivity contribution in [3.63, 3.8) is 0 Å². The summed E-state index contributed by atoms with van der Waals surface area (Å²) in [6, 6.07) is -0.271. The van der Waals surface area contributed by atoms with Crippen LogP contribution in [0, 0.1) is 0 Å². The Morgan fingerprint density at radius 2 is 2.20 bits per heavy atom. The molecule has 0 aliphatic carbocycles. The van der Waals surface area contributed by atoms with Crippen LogP contribution in [-0.2, 0) is 9.53 Å². The van der Waals surface area contributed by atoms with Gasteiger partial charge in [0.25, 0.3) is 0 Å². The van der Waals surface area contributed by atoms with Gasteiger partial charge in [0.15, 0.2) is 0 Å². The van der Waals surface area contributed by atoms with E-state index in [0.29, 0.717) is 19.5 Å². The lowest BCUT2D eigenvalue weighted by Crippen LogP contribution is -2.60. The van der Waals surface area contributed by atoms with Gasteiger partial charge in [0.1, 0.15) is 5.54 Å². The van der Waals surface area contributed by atoms with E-state index in [1.807, 2.05) is 0 Å². The fraction of sp³-hybridized carbons (Fsp3) is 0.857. The predicted octanol–water partition coefficient (Wildman–Crippen LogP) is 1.59. The number of amides is 2. The lowest BCUT2D eigenvalue weighted by molar-refractivity contribution is -0.150. The summed E-state index contributed by atoms with van der Waals surface area (Å²) in [6.45, 7) is 3.49. The van der Waals surface area contributed by atoms with Gasteiger partial charge in [-0.2, -0.15) is 0 Å². The molecule has 114 valence electrons. The number of carbonyl (C=O) groups excluding carboxylic acids is 1. The van der Waals surface area contributed by atoms with Gasteiger partial charge >= 0.3 is 12.0 Å². The Labute approximate surface area is 119 Å². The summed E-state index contributed by atoms with van der Waals surface area (Å²) >= 11 is 0. The molecule has 0 spiro atoms. The van der Waals surface area contributed by atoms with Crippen molar-refractivity contribution in [2.24, 2.45) is 0 Å². The molecule has 2 unspecified atom stereocenters. The van der Waals surface area contributed by atoms with E-state index in [0.717, 1.165) is 38.7 Å². The van der Waals surface area contributed by atoms with Crippen LogP contribution >= 0.6 is 0 Å². The van der Waals surface area contributed by atoms with Crippen LogP contribution < -0.4 is 5.32 Å². The first-order chi connectivity index (χ1) is 9.54. The van der Waals surface area contributed by atoms with Gasteiger partial charge in [0.2, 0.25) is 0 Å². The van der Waals surface area contributed by atoms with Crippen molar-refractivity contribution in [2.75, 3.05) is 19.7 Å². The van der Waals surface area contributed by atoms with Crippen LogP contribution in [0.5, 0.6) is 0 Å². The fourth-order valence-electron chi connectivity index (χ4n) is 2.98. The zero-order valence-corrected chi connectivity index (χ0v) is 12.1. The van der Waals surface area contributed by atoms with Crippen LogP contribution in [0.3, 0.4) is 0 Å². The maximum atomic E-state index is 12.2. The van der Waals surface area contributed by atoms with Crippen LogP contribution in [0.15, 0.2) is 0 Å². The number of urea groups is 1. The minimum Gasteiger partial charge on any atom is -0.480 e. The summed E-state index contributed by atoms with van der Waals surface area (Å²) < 4.78 is 5.50. The molecule has 2 aliphatic heterocycles. The lowest BCUT2D eigenvalue weighted by Gasteiger charge is -2.41. The monoisotopic (exact) mass is 284 g/mol. The molecule has 6 nitrogen and oxygen atoms in total. The SMILES string of the molecule is CC1(C(=O)O)CCCCN1C(=O)NCCC1CCCO1. The predicted molar refractivity (Wildman–Crippen MR) is 73.6 cm³/mol. The second-order valence-electron chi connectivity index (χ2n) is 5.84. The fourth-order valence-corrected chi connectivity index (χ4v) is 2.98. The highest BCUT2D eigenvalue weighted by Crippen LogP contribution is 2.28. The summed E-state index contributed by atoms with van der Waals surface area (Å²) in [5, 5.41) is 12.2. The van der Waals surface area contributed by atoms with Crippen LogP contribution in [0.1, 0.15) is 45.4 Å². The molecule has 6 heteroatoms. The molecule has 2 N–H and O–H groups in total. The molecule has 2 fully saturated rings. The average molecular weight is 284 g/mol. The molecule has 0 saturated carbocycles. The second kappa shape index (κ2) is 6.43. The molecule has 2 atom stereocenters. The molecule has 2 heterocycles. The number of ether oxygens (including phenoxy) is 1. The molecular formula is C14H24N2O4. The highest BCUT2D eigenvalue weighted by molar-refractivity contribution is 5.86. The van der Waals surface area contributed by atoms with E-state index in [4.69, 9.17) is 4.74 Å². The summed E-state index contributed by atoms with van der Waals surface area (Å²) in [5.41, 5.74) is -1.08. The molecule has 0 radical (unpaired) electrons. The molecule has 0 aromatic rings. The number of carbonyl (C=O) groups is 2. The van der Waals surface area contributed by atoms with Crippen molar-refractivity contribution >= 4 is 12.0 Å². The molecule has 2 aliphatic rings. The summed E-state index contributed by atoms with van der Waals surface area (Å²) in [5.74, 6) is -0.925. The molecule has 0 bridgehead atoms. The van der Waals surface area contributed by atoms with E-state index in [1.54, 1.807) is 6.92 Å². The number of rotatable bonds is 4. The molecule has 0 aromatic heterocycles. The summed E-state index contributed by atoms with van der Waals surface area (Å²) in [7, 11) is 0. The van der Waals surface area contributed by atoms with Crippen molar-refractivity contribution in [2.45, 2.75) is 57.1 Å². The summed E-state index contributed by atoms with van der Waals surface area (Å²) in [4.78, 5) is 25.1. The Kier molecular flexibility index (Phi) is 4.86. The molecule has 2 amide bonds. The number of hydrogen-bond donors (Lipinski definition) is 2. The number of nitrogens with one attached hydrogen (secondary N) is 1. The van der Waals surface area contributed by atoms with Gasteiger partial charge in [-0.3, -0.25) is 0 Å². The minimum absolute atomic E-state index is 0.238. The third-order valence-corrected chi connectivity index (χ3v) is 4.36. The maximum absolute atomic E-state index is 12.2. The van der Waals surface area contributed by atoms with Crippen molar-refractivity contribution in [1.82, 2.24) is 10.2 Å². The molecule has 2 rings (SSSR count). The van der Waals surface area contributed by atoms with Gasteiger partial charge in [-0.1, -0.05) is 0 Å². The van der Waals surface area contributed by atoms with Gasteiger partial charge < -0.3 is 20.1 Å². The van der Waals surface area contributed by atoms with Crippen molar-refractivity contribution in [3.05, 3.63) is 0 Å². The Morgan fingerprint density at radius 3 is 2.85 bits per heavy atom. The molecule has 20 heavy (non-hydrogen) atoms. The van der Waals surface area contributed by atoms with Crippen LogP contribution in [0.2, 0.25) is 0 Å². The second-order valence-corrected chi connectivity index (χ2v) is 5.84. The van der Waals surface area contributed by atoms with E-state index in [2.05, 4.69) is 5.32 Å². The number of nitrogens with zero attached hydrogens (tertiary/aromatic N) is 1. The van der Waals surface area contributed by atoms with E-state index in [9.17, 15) is 14.7 Å². The highest BCUT2D eigenvalue weighted by atomic mass is 16.5. The number of piperidine rings is 1. The standard InChI is InChI=1S/C14H24N2O4/c1-14(12(17)18)7-2-3-9-16(14)13(19)15-8-6-11-5-4-10-20-11/h11H,2-10H2,1H3,(H,15,19)(H,17,18). The lowest BCUT2D eigenvalue weighted by atomic mass is 9.89. The topological polar surface area (TPSA) is 78.9 Å². The minimum atomic E-state index is -1.08. The van der Waals surface area contributed by atoms with E-state index < -0.39 is 11.5 Å². The van der Waals surface area contributed by atoms with Crippen LogP contribution in [-0.4, -0.2) is 53.3 Å². The van der Waals surface area contributed by atoms with E-state index >= 15 is 0 Å². The number of likely N-dealkylation sites (tertiary alicyclic amines) is 1. The first-order valence-corrected chi connectivity index (χ1v) is 7.44. The van der Waals surface area contributed by atoms with Gasteiger partial charge in [-0.05, 0) is 45.4 Å². The molecular weight excluding hydrogens is 260 g/mol. The Morgan fingerprint density at radius 1 is 1.40 bits per heavy atom. The van der Waals surface area contributed by atoms with Gasteiger partial charge in [-0.25, -0.2) is 9.59 Å². The Hall–Kier alpha value is -1.30. The quantitative estimate of drug-likeness (QED) is 0.821. The summed E-state index contributed by atoms with van der Waals surface area (Å²) in [6.07, 6.45) is 5.39. The van der Waals surface area contributed by atoms with Crippen molar-refractivity contribution < 1.29 is 19.4 Å². The Balaban J connectivity index is 1.84. The van der Waals surface area contributed by atoms with E-state index in [-0.39, 0.29) is 12.1 Å². The number of hydrogen-bond acceptors (Lipinski definition) is 3. The average Bonchev–Trinajstić information content (AvgIpc) is 2.92. The normalized spacial score (nSPS) is 30.2. The van der Waals surface area contributed by atoms with E-state index in [1.165, 1.54) is 4.90 Å². The number of carboxylic acids is 1. The third kappa shape index (κ3) is 3.23. The first-order valence-electron chi connectivity index (χ1n) is 7.44. The van der Waals surface area contributed by atoms with Crippen LogP contribution in [0.4, 0.5) is 4.79 Å². The molecule has 0 aromatic carbocycles. The third-order valence-electron chi connectivity index (χ3n) is 4.36. The zero-order chi connectivity index (χ0) is 14.6. The number of carboxylic acid groups (broad SMARTS) is 1.